The number of guanidine groups is 1. The van der Waals surface area contributed by atoms with Crippen LogP contribution in [0.25, 0.3) is 0 Å². The molecule has 0 amide bonds. The van der Waals surface area contributed by atoms with Gasteiger partial charge < -0.3 is 15.8 Å². The Bertz CT molecular complexity index is 183. The number of methoxy groups -OCH3 is 1. The van der Waals surface area contributed by atoms with Crippen molar-refractivity contribution in [2.24, 2.45) is 16.6 Å². The zero-order valence-corrected chi connectivity index (χ0v) is 11.0. The van der Waals surface area contributed by atoms with Crippen LogP contribution in [0.15, 0.2) is 4.99 Å². The molecule has 0 rings (SSSR count). The molecule has 0 aliphatic carbocycles. The Morgan fingerprint density at radius 3 is 2.75 bits per heavy atom. The monoisotopic (exact) mass is 229 g/mol. The molecule has 4 nitrogen and oxygen atoms in total. The van der Waals surface area contributed by atoms with E-state index in [1.165, 1.54) is 25.7 Å². The van der Waals surface area contributed by atoms with E-state index < -0.39 is 0 Å². The van der Waals surface area contributed by atoms with Gasteiger partial charge in [0.2, 0.25) is 0 Å². The third kappa shape index (κ3) is 8.53. The second-order valence-electron chi connectivity index (χ2n) is 4.06. The zero-order chi connectivity index (χ0) is 12.2. The van der Waals surface area contributed by atoms with Gasteiger partial charge >= 0.3 is 0 Å². The minimum atomic E-state index is 0.534. The minimum absolute atomic E-state index is 0.534. The van der Waals surface area contributed by atoms with Crippen molar-refractivity contribution in [1.82, 2.24) is 5.32 Å². The summed E-state index contributed by atoms with van der Waals surface area (Å²) >= 11 is 0. The van der Waals surface area contributed by atoms with Gasteiger partial charge in [0.15, 0.2) is 5.96 Å². The summed E-state index contributed by atoms with van der Waals surface area (Å²) in [6.07, 6.45) is 4.96. The Kier molecular flexibility index (Phi) is 10.2. The normalized spacial score (nSPS) is 13.8. The molecule has 0 aromatic carbocycles. The molecule has 0 saturated carbocycles. The predicted octanol–water partition coefficient (Wildman–Crippen LogP) is 1.75. The molecule has 1 unspecified atom stereocenters. The summed E-state index contributed by atoms with van der Waals surface area (Å²) in [5.74, 6) is 1.20. The van der Waals surface area contributed by atoms with Crippen molar-refractivity contribution < 1.29 is 4.74 Å². The lowest BCUT2D eigenvalue weighted by molar-refractivity contribution is 0.204. The Balaban J connectivity index is 3.73. The third-order valence-corrected chi connectivity index (χ3v) is 2.68. The molecular weight excluding hydrogens is 202 g/mol. The number of aliphatic imine (C=N–C) groups is 1. The van der Waals surface area contributed by atoms with E-state index in [1.54, 1.807) is 7.11 Å². The number of hydrogen-bond acceptors (Lipinski definition) is 2. The van der Waals surface area contributed by atoms with E-state index in [9.17, 15) is 0 Å². The van der Waals surface area contributed by atoms with Gasteiger partial charge in [-0.2, -0.15) is 0 Å². The first kappa shape index (κ1) is 15.2. The van der Waals surface area contributed by atoms with Crippen molar-refractivity contribution >= 4 is 5.96 Å². The second-order valence-corrected chi connectivity index (χ2v) is 4.06. The van der Waals surface area contributed by atoms with Crippen LogP contribution in [0, 0.1) is 5.92 Å². The van der Waals surface area contributed by atoms with Crippen molar-refractivity contribution in [3.05, 3.63) is 0 Å². The highest BCUT2D eigenvalue weighted by Crippen LogP contribution is 2.12. The van der Waals surface area contributed by atoms with Crippen LogP contribution in [0.4, 0.5) is 0 Å². The summed E-state index contributed by atoms with van der Waals surface area (Å²) in [6, 6.07) is 0. The summed E-state index contributed by atoms with van der Waals surface area (Å²) in [7, 11) is 1.67. The van der Waals surface area contributed by atoms with Gasteiger partial charge in [-0.05, 0) is 12.3 Å². The maximum Gasteiger partial charge on any atom is 0.188 e. The van der Waals surface area contributed by atoms with Crippen LogP contribution in [0.3, 0.4) is 0 Å². The fraction of sp³-hybridized carbons (Fsp3) is 0.917. The van der Waals surface area contributed by atoms with Gasteiger partial charge in [0, 0.05) is 20.2 Å². The van der Waals surface area contributed by atoms with E-state index in [4.69, 9.17) is 10.5 Å². The molecule has 0 saturated heterocycles. The number of unbranched alkanes of at least 4 members (excludes halogenated alkanes) is 1. The van der Waals surface area contributed by atoms with E-state index >= 15 is 0 Å². The van der Waals surface area contributed by atoms with Gasteiger partial charge in [-0.3, -0.25) is 4.99 Å². The Morgan fingerprint density at radius 2 is 2.19 bits per heavy atom. The summed E-state index contributed by atoms with van der Waals surface area (Å²) in [4.78, 5) is 4.35. The SMILES string of the molecule is CCCCC(CC)CN=C(N)NCCOC. The number of nitrogens with two attached hydrogens (primary N) is 1. The number of hydrogen-bond donors (Lipinski definition) is 2. The molecule has 16 heavy (non-hydrogen) atoms. The summed E-state index contributed by atoms with van der Waals surface area (Å²) in [6.45, 7) is 6.64. The summed E-state index contributed by atoms with van der Waals surface area (Å²) in [5.41, 5.74) is 5.73. The first-order chi connectivity index (χ1) is 7.74. The average Bonchev–Trinajstić information content (AvgIpc) is 2.30. The lowest BCUT2D eigenvalue weighted by atomic mass is 10.00. The average molecular weight is 229 g/mol. The van der Waals surface area contributed by atoms with Crippen molar-refractivity contribution in [3.63, 3.8) is 0 Å². The van der Waals surface area contributed by atoms with Crippen molar-refractivity contribution in [2.75, 3.05) is 26.8 Å². The Labute approximate surface area is 99.7 Å². The maximum atomic E-state index is 5.73. The fourth-order valence-electron chi connectivity index (χ4n) is 1.48. The highest BCUT2D eigenvalue weighted by Gasteiger charge is 2.04. The zero-order valence-electron chi connectivity index (χ0n) is 11.0. The van der Waals surface area contributed by atoms with Crippen LogP contribution in [-0.2, 0) is 4.74 Å². The van der Waals surface area contributed by atoms with Gasteiger partial charge in [-0.1, -0.05) is 33.1 Å². The number of nitrogens with one attached hydrogen (secondary N) is 1. The van der Waals surface area contributed by atoms with Crippen LogP contribution in [0.1, 0.15) is 39.5 Å². The van der Waals surface area contributed by atoms with Crippen molar-refractivity contribution in [2.45, 2.75) is 39.5 Å². The Morgan fingerprint density at radius 1 is 1.44 bits per heavy atom. The number of nitrogens with zero attached hydrogens (tertiary/aromatic N) is 1. The minimum Gasteiger partial charge on any atom is -0.383 e. The van der Waals surface area contributed by atoms with Crippen molar-refractivity contribution in [1.29, 1.82) is 0 Å². The topological polar surface area (TPSA) is 59.6 Å². The van der Waals surface area contributed by atoms with E-state index in [1.807, 2.05) is 0 Å². The summed E-state index contributed by atoms with van der Waals surface area (Å²) in [5, 5.41) is 3.02. The van der Waals surface area contributed by atoms with E-state index in [2.05, 4.69) is 24.2 Å². The molecule has 96 valence electrons. The summed E-state index contributed by atoms with van der Waals surface area (Å²) < 4.78 is 4.92. The van der Waals surface area contributed by atoms with Gasteiger partial charge in [-0.15, -0.1) is 0 Å². The smallest absolute Gasteiger partial charge is 0.188 e. The molecule has 0 radical (unpaired) electrons. The molecule has 4 heteroatoms. The van der Waals surface area contributed by atoms with Gasteiger partial charge in [0.05, 0.1) is 6.61 Å². The molecule has 0 aliphatic heterocycles. The first-order valence-corrected chi connectivity index (χ1v) is 6.27. The second kappa shape index (κ2) is 10.7. The van der Waals surface area contributed by atoms with Gasteiger partial charge in [0.1, 0.15) is 0 Å². The third-order valence-electron chi connectivity index (χ3n) is 2.68. The van der Waals surface area contributed by atoms with Crippen LogP contribution in [0.2, 0.25) is 0 Å². The maximum absolute atomic E-state index is 5.73. The van der Waals surface area contributed by atoms with E-state index in [-0.39, 0.29) is 0 Å². The highest BCUT2D eigenvalue weighted by atomic mass is 16.5. The van der Waals surface area contributed by atoms with E-state index in [0.29, 0.717) is 18.5 Å². The molecule has 0 spiro atoms. The molecule has 0 bridgehead atoms. The number of ether oxygens (including phenoxy) is 1. The Hall–Kier alpha value is -0.770. The largest absolute Gasteiger partial charge is 0.383 e. The lowest BCUT2D eigenvalue weighted by Gasteiger charge is -2.12. The quantitative estimate of drug-likeness (QED) is 0.360. The highest BCUT2D eigenvalue weighted by molar-refractivity contribution is 5.77. The van der Waals surface area contributed by atoms with Gasteiger partial charge in [0.25, 0.3) is 0 Å². The van der Waals surface area contributed by atoms with Crippen LogP contribution in [0.5, 0.6) is 0 Å². The van der Waals surface area contributed by atoms with Crippen LogP contribution >= 0.6 is 0 Å². The molecule has 0 aromatic rings. The molecule has 0 aliphatic rings. The lowest BCUT2D eigenvalue weighted by Crippen LogP contribution is -2.34. The molecule has 1 atom stereocenters. The fourth-order valence-corrected chi connectivity index (χ4v) is 1.48. The van der Waals surface area contributed by atoms with Crippen LogP contribution < -0.4 is 11.1 Å². The van der Waals surface area contributed by atoms with Crippen LogP contribution in [-0.4, -0.2) is 32.8 Å². The van der Waals surface area contributed by atoms with E-state index in [0.717, 1.165) is 13.1 Å². The molecule has 0 heterocycles. The van der Waals surface area contributed by atoms with Gasteiger partial charge in [-0.25, -0.2) is 0 Å². The molecule has 3 N–H and O–H groups in total. The van der Waals surface area contributed by atoms with Crippen molar-refractivity contribution in [3.8, 4) is 0 Å². The number of rotatable bonds is 9. The first-order valence-electron chi connectivity index (χ1n) is 6.27. The standard InChI is InChI=1S/C12H27N3O/c1-4-6-7-11(5-2)10-15-12(13)14-8-9-16-3/h11H,4-10H2,1-3H3,(H3,13,14,15). The molecule has 0 aromatic heterocycles. The predicted molar refractivity (Wildman–Crippen MR) is 69.7 cm³/mol. The molecule has 0 fully saturated rings. The molecular formula is C12H27N3O.